The number of ether oxygens (including phenoxy) is 4. The molecule has 1 aliphatic rings. The van der Waals surface area contributed by atoms with E-state index in [0.29, 0.717) is 6.42 Å². The molecule has 0 radical (unpaired) electrons. The standard InChI is InChI=1S/C19H26O6/c1-19(2,3)25-17(21)12-16-11-15(9-10-20)23-18(24-16)13-5-7-14(22-4)8-6-13/h5-8,10,15-16,18H,9,11-12H2,1-4H3/t15-,16-,18-/m1/s1. The first-order valence-corrected chi connectivity index (χ1v) is 8.41. The fraction of sp³-hybridized carbons (Fsp3) is 0.579. The van der Waals surface area contributed by atoms with Gasteiger partial charge in [0.25, 0.3) is 0 Å². The number of carbonyl (C=O) groups is 2. The van der Waals surface area contributed by atoms with Crippen molar-refractivity contribution in [3.8, 4) is 5.75 Å². The van der Waals surface area contributed by atoms with Gasteiger partial charge in [0.1, 0.15) is 17.6 Å². The Morgan fingerprint density at radius 3 is 2.40 bits per heavy atom. The van der Waals surface area contributed by atoms with E-state index in [1.54, 1.807) is 7.11 Å². The quantitative estimate of drug-likeness (QED) is 0.580. The van der Waals surface area contributed by atoms with Gasteiger partial charge in [-0.15, -0.1) is 0 Å². The summed E-state index contributed by atoms with van der Waals surface area (Å²) in [6, 6.07) is 7.32. The number of carbonyl (C=O) groups excluding carboxylic acids is 2. The molecule has 1 fully saturated rings. The van der Waals surface area contributed by atoms with Crippen LogP contribution in [-0.4, -0.2) is 37.2 Å². The van der Waals surface area contributed by atoms with E-state index in [0.717, 1.165) is 17.6 Å². The summed E-state index contributed by atoms with van der Waals surface area (Å²) in [4.78, 5) is 23.0. The van der Waals surface area contributed by atoms with Gasteiger partial charge in [-0.3, -0.25) is 4.79 Å². The molecule has 0 saturated carbocycles. The SMILES string of the molecule is COc1ccc([C@@H]2O[C@H](CC=O)C[C@H](CC(=O)OC(C)(C)C)O2)cc1. The smallest absolute Gasteiger partial charge is 0.308 e. The second-order valence-electron chi connectivity index (χ2n) is 7.05. The van der Waals surface area contributed by atoms with Crippen molar-refractivity contribution in [1.82, 2.24) is 0 Å². The predicted molar refractivity (Wildman–Crippen MR) is 91.2 cm³/mol. The Morgan fingerprint density at radius 1 is 1.20 bits per heavy atom. The molecule has 0 unspecified atom stereocenters. The van der Waals surface area contributed by atoms with E-state index in [1.165, 1.54) is 0 Å². The van der Waals surface area contributed by atoms with Crippen LogP contribution in [-0.2, 0) is 23.8 Å². The lowest BCUT2D eigenvalue weighted by molar-refractivity contribution is -0.249. The molecule has 0 aromatic heterocycles. The second-order valence-corrected chi connectivity index (χ2v) is 7.05. The molecule has 0 N–H and O–H groups in total. The molecule has 6 nitrogen and oxygen atoms in total. The van der Waals surface area contributed by atoms with E-state index in [-0.39, 0.29) is 31.0 Å². The summed E-state index contributed by atoms with van der Waals surface area (Å²) in [5.41, 5.74) is 0.269. The van der Waals surface area contributed by atoms with Crippen molar-refractivity contribution in [2.45, 2.75) is 64.1 Å². The van der Waals surface area contributed by atoms with E-state index in [1.807, 2.05) is 45.0 Å². The highest BCUT2D eigenvalue weighted by molar-refractivity contribution is 5.70. The van der Waals surface area contributed by atoms with Gasteiger partial charge in [0.2, 0.25) is 0 Å². The number of hydrogen-bond acceptors (Lipinski definition) is 6. The Balaban J connectivity index is 2.07. The molecule has 1 saturated heterocycles. The Bertz CT molecular complexity index is 575. The van der Waals surface area contributed by atoms with Crippen molar-refractivity contribution in [3.63, 3.8) is 0 Å². The molecular formula is C19H26O6. The van der Waals surface area contributed by atoms with Gasteiger partial charge in [-0.2, -0.15) is 0 Å². The largest absolute Gasteiger partial charge is 0.497 e. The first-order valence-electron chi connectivity index (χ1n) is 8.41. The summed E-state index contributed by atoms with van der Waals surface area (Å²) in [5.74, 6) is 0.409. The highest BCUT2D eigenvalue weighted by atomic mass is 16.7. The first kappa shape index (κ1) is 19.4. The minimum absolute atomic E-state index is 0.128. The first-order chi connectivity index (χ1) is 11.8. The van der Waals surface area contributed by atoms with Crippen molar-refractivity contribution < 1.29 is 28.5 Å². The highest BCUT2D eigenvalue weighted by Crippen LogP contribution is 2.33. The van der Waals surface area contributed by atoms with Crippen LogP contribution in [0.5, 0.6) is 5.75 Å². The third kappa shape index (κ3) is 6.14. The lowest BCUT2D eigenvalue weighted by Crippen LogP contribution is -2.36. The number of rotatable bonds is 6. The second kappa shape index (κ2) is 8.45. The third-order valence-electron chi connectivity index (χ3n) is 3.72. The molecule has 0 bridgehead atoms. The molecule has 6 heteroatoms. The number of hydrogen-bond donors (Lipinski definition) is 0. The van der Waals surface area contributed by atoms with Crippen LogP contribution in [0, 0.1) is 0 Å². The van der Waals surface area contributed by atoms with Gasteiger partial charge in [-0.25, -0.2) is 0 Å². The van der Waals surface area contributed by atoms with Gasteiger partial charge < -0.3 is 23.7 Å². The van der Waals surface area contributed by atoms with Crippen molar-refractivity contribution in [3.05, 3.63) is 29.8 Å². The molecule has 1 heterocycles. The highest BCUT2D eigenvalue weighted by Gasteiger charge is 2.33. The van der Waals surface area contributed by atoms with E-state index in [4.69, 9.17) is 18.9 Å². The molecule has 1 aromatic carbocycles. The van der Waals surface area contributed by atoms with Gasteiger partial charge in [0.15, 0.2) is 6.29 Å². The minimum atomic E-state index is -0.628. The topological polar surface area (TPSA) is 71.1 Å². The maximum Gasteiger partial charge on any atom is 0.308 e. The van der Waals surface area contributed by atoms with Gasteiger partial charge in [0, 0.05) is 18.4 Å². The third-order valence-corrected chi connectivity index (χ3v) is 3.72. The zero-order chi connectivity index (χ0) is 18.4. The monoisotopic (exact) mass is 350 g/mol. The normalized spacial score (nSPS) is 23.8. The summed E-state index contributed by atoms with van der Waals surface area (Å²) >= 11 is 0. The van der Waals surface area contributed by atoms with Crippen LogP contribution >= 0.6 is 0 Å². The van der Waals surface area contributed by atoms with Gasteiger partial charge in [0.05, 0.1) is 25.7 Å². The van der Waals surface area contributed by atoms with Crippen molar-refractivity contribution in [2.24, 2.45) is 0 Å². The average molecular weight is 350 g/mol. The zero-order valence-corrected chi connectivity index (χ0v) is 15.2. The number of benzene rings is 1. The molecule has 3 atom stereocenters. The fourth-order valence-electron chi connectivity index (χ4n) is 2.66. The summed E-state index contributed by atoms with van der Waals surface area (Å²) in [6.07, 6.45) is 0.420. The maximum atomic E-state index is 12.1. The van der Waals surface area contributed by atoms with Crippen molar-refractivity contribution in [1.29, 1.82) is 0 Å². The molecule has 1 aromatic rings. The fourth-order valence-corrected chi connectivity index (χ4v) is 2.66. The van der Waals surface area contributed by atoms with Gasteiger partial charge in [-0.1, -0.05) is 12.1 Å². The summed E-state index contributed by atoms with van der Waals surface area (Å²) < 4.78 is 22.3. The van der Waals surface area contributed by atoms with Crippen LogP contribution in [0.1, 0.15) is 51.9 Å². The lowest BCUT2D eigenvalue weighted by atomic mass is 10.0. The van der Waals surface area contributed by atoms with Crippen LogP contribution in [0.3, 0.4) is 0 Å². The molecule has 1 aliphatic heterocycles. The number of methoxy groups -OCH3 is 1. The molecule has 138 valence electrons. The minimum Gasteiger partial charge on any atom is -0.497 e. The van der Waals surface area contributed by atoms with Crippen LogP contribution in [0.15, 0.2) is 24.3 Å². The lowest BCUT2D eigenvalue weighted by Gasteiger charge is -2.35. The van der Waals surface area contributed by atoms with Crippen LogP contribution in [0.25, 0.3) is 0 Å². The molecule has 25 heavy (non-hydrogen) atoms. The number of aldehydes is 1. The Kier molecular flexibility index (Phi) is 6.56. The van der Waals surface area contributed by atoms with E-state index >= 15 is 0 Å². The Labute approximate surface area is 148 Å². The predicted octanol–water partition coefficient (Wildman–Crippen LogP) is 3.19. The summed E-state index contributed by atoms with van der Waals surface area (Å²) in [6.45, 7) is 5.47. The van der Waals surface area contributed by atoms with Crippen LogP contribution < -0.4 is 4.74 Å². The van der Waals surface area contributed by atoms with Gasteiger partial charge in [-0.05, 0) is 32.9 Å². The van der Waals surface area contributed by atoms with E-state index in [2.05, 4.69) is 0 Å². The van der Waals surface area contributed by atoms with E-state index < -0.39 is 11.9 Å². The van der Waals surface area contributed by atoms with Crippen molar-refractivity contribution in [2.75, 3.05) is 7.11 Å². The number of esters is 1. The summed E-state index contributed by atoms with van der Waals surface area (Å²) in [7, 11) is 1.60. The summed E-state index contributed by atoms with van der Waals surface area (Å²) in [5, 5.41) is 0. The molecule has 0 spiro atoms. The Hall–Kier alpha value is -1.92. The maximum absolute atomic E-state index is 12.1. The average Bonchev–Trinajstić information content (AvgIpc) is 2.53. The molecule has 0 amide bonds. The molecule has 2 rings (SSSR count). The van der Waals surface area contributed by atoms with Crippen molar-refractivity contribution >= 4 is 12.3 Å². The molecular weight excluding hydrogens is 324 g/mol. The van der Waals surface area contributed by atoms with Crippen LogP contribution in [0.4, 0.5) is 0 Å². The molecule has 0 aliphatic carbocycles. The van der Waals surface area contributed by atoms with E-state index in [9.17, 15) is 9.59 Å². The van der Waals surface area contributed by atoms with Crippen LogP contribution in [0.2, 0.25) is 0 Å². The van der Waals surface area contributed by atoms with Gasteiger partial charge >= 0.3 is 5.97 Å². The zero-order valence-electron chi connectivity index (χ0n) is 15.2. The Morgan fingerprint density at radius 2 is 1.84 bits per heavy atom.